The number of carbonyl (C=O) groups excluding carboxylic acids is 3. The average molecular weight is 554 g/mol. The van der Waals surface area contributed by atoms with E-state index in [0.717, 1.165) is 25.3 Å². The van der Waals surface area contributed by atoms with Crippen molar-refractivity contribution in [2.75, 3.05) is 45.4 Å². The van der Waals surface area contributed by atoms with Gasteiger partial charge in [-0.2, -0.15) is 0 Å². The van der Waals surface area contributed by atoms with E-state index in [1.54, 1.807) is 4.57 Å². The van der Waals surface area contributed by atoms with E-state index < -0.39 is 40.4 Å². The molecule has 1 aromatic carbocycles. The number of pyridine rings is 1. The smallest absolute Gasteiger partial charge is 0.328 e. The molecule has 4 rings (SSSR count). The summed E-state index contributed by atoms with van der Waals surface area (Å²) in [7, 11) is 3.27. The number of ether oxygens (including phenoxy) is 3. The van der Waals surface area contributed by atoms with E-state index in [0.29, 0.717) is 18.6 Å². The lowest BCUT2D eigenvalue weighted by Gasteiger charge is -2.25. The third-order valence-corrected chi connectivity index (χ3v) is 6.83. The summed E-state index contributed by atoms with van der Waals surface area (Å²) >= 11 is 0. The van der Waals surface area contributed by atoms with Crippen molar-refractivity contribution in [1.82, 2.24) is 9.88 Å². The SMILES string of the molecule is CCOC(=O)C(C(=O)OCC)C(=O)c1cn(C2CC2)c2c(OC)c(N3CC[C@H](NC)C3)c(F)cc2c1=O.Cl. The molecule has 1 aromatic heterocycles. The fourth-order valence-corrected chi connectivity index (χ4v) is 4.86. The molecule has 2 fully saturated rings. The quantitative estimate of drug-likeness (QED) is 0.269. The number of hydrogen-bond acceptors (Lipinski definition) is 9. The van der Waals surface area contributed by atoms with Crippen LogP contribution in [0.15, 0.2) is 17.1 Å². The summed E-state index contributed by atoms with van der Waals surface area (Å²) in [6.07, 6.45) is 3.74. The van der Waals surface area contributed by atoms with E-state index in [1.165, 1.54) is 27.2 Å². The number of methoxy groups -OCH3 is 1. The van der Waals surface area contributed by atoms with Crippen molar-refractivity contribution in [3.05, 3.63) is 33.9 Å². The number of Topliss-reactive ketones (excluding diaryl/α,β-unsaturated/α-hetero) is 1. The van der Waals surface area contributed by atoms with Crippen LogP contribution in [0.5, 0.6) is 5.75 Å². The molecule has 10 nitrogen and oxygen atoms in total. The molecule has 2 heterocycles. The summed E-state index contributed by atoms with van der Waals surface area (Å²) in [5, 5.41) is 3.14. The zero-order valence-electron chi connectivity index (χ0n) is 21.9. The lowest BCUT2D eigenvalue weighted by atomic mass is 9.96. The van der Waals surface area contributed by atoms with Gasteiger partial charge in [0.2, 0.25) is 5.92 Å². The number of rotatable bonds is 10. The number of fused-ring (bicyclic) bond motifs is 1. The van der Waals surface area contributed by atoms with Crippen LogP contribution in [0.25, 0.3) is 10.9 Å². The maximum atomic E-state index is 15.6. The molecule has 1 aliphatic heterocycles. The minimum absolute atomic E-state index is 0. The Labute approximate surface area is 225 Å². The van der Waals surface area contributed by atoms with E-state index >= 15 is 4.39 Å². The summed E-state index contributed by atoms with van der Waals surface area (Å²) in [4.78, 5) is 54.0. The van der Waals surface area contributed by atoms with Gasteiger partial charge in [0.25, 0.3) is 0 Å². The maximum absolute atomic E-state index is 15.6. The van der Waals surface area contributed by atoms with Gasteiger partial charge in [-0.05, 0) is 46.2 Å². The molecular formula is C26H33ClFN3O7. The molecule has 0 bridgehead atoms. The molecule has 0 unspecified atom stereocenters. The zero-order valence-corrected chi connectivity index (χ0v) is 22.7. The van der Waals surface area contributed by atoms with Crippen LogP contribution in [0.4, 0.5) is 10.1 Å². The van der Waals surface area contributed by atoms with Crippen molar-refractivity contribution in [3.63, 3.8) is 0 Å². The number of hydrogen-bond donors (Lipinski definition) is 1. The van der Waals surface area contributed by atoms with Gasteiger partial charge in [-0.1, -0.05) is 0 Å². The first-order valence-electron chi connectivity index (χ1n) is 12.5. The first-order chi connectivity index (χ1) is 17.8. The third-order valence-electron chi connectivity index (χ3n) is 6.83. The highest BCUT2D eigenvalue weighted by Crippen LogP contribution is 2.44. The molecule has 2 aromatic rings. The van der Waals surface area contributed by atoms with Gasteiger partial charge in [0.1, 0.15) is 5.69 Å². The molecule has 0 spiro atoms. The molecule has 1 atom stereocenters. The van der Waals surface area contributed by atoms with Gasteiger partial charge >= 0.3 is 11.9 Å². The van der Waals surface area contributed by atoms with E-state index in [-0.39, 0.29) is 54.5 Å². The number of ketones is 1. The van der Waals surface area contributed by atoms with Crippen molar-refractivity contribution in [3.8, 4) is 5.75 Å². The Morgan fingerprint density at radius 3 is 2.26 bits per heavy atom. The van der Waals surface area contributed by atoms with Crippen molar-refractivity contribution in [1.29, 1.82) is 0 Å². The highest BCUT2D eigenvalue weighted by Gasteiger charge is 2.40. The van der Waals surface area contributed by atoms with Crippen LogP contribution >= 0.6 is 12.4 Å². The second-order valence-corrected chi connectivity index (χ2v) is 9.17. The summed E-state index contributed by atoms with van der Waals surface area (Å²) in [6.45, 7) is 4.11. The maximum Gasteiger partial charge on any atom is 0.328 e. The zero-order chi connectivity index (χ0) is 26.9. The Morgan fingerprint density at radius 2 is 1.76 bits per heavy atom. The Kier molecular flexibility index (Phi) is 9.37. The number of benzene rings is 1. The van der Waals surface area contributed by atoms with Crippen LogP contribution in [0.1, 0.15) is 49.5 Å². The third kappa shape index (κ3) is 5.35. The number of esters is 2. The van der Waals surface area contributed by atoms with Crippen LogP contribution < -0.4 is 20.4 Å². The molecule has 1 N–H and O–H groups in total. The van der Waals surface area contributed by atoms with Crippen LogP contribution in [-0.2, 0) is 19.1 Å². The van der Waals surface area contributed by atoms with E-state index in [1.807, 2.05) is 11.9 Å². The molecule has 1 saturated carbocycles. The van der Waals surface area contributed by atoms with Gasteiger partial charge in [-0.25, -0.2) is 4.39 Å². The Morgan fingerprint density at radius 1 is 1.13 bits per heavy atom. The van der Waals surface area contributed by atoms with Crippen molar-refractivity contribution < 1.29 is 33.0 Å². The van der Waals surface area contributed by atoms with E-state index in [4.69, 9.17) is 14.2 Å². The molecular weight excluding hydrogens is 521 g/mol. The van der Waals surface area contributed by atoms with Crippen LogP contribution in [-0.4, -0.2) is 68.8 Å². The topological polar surface area (TPSA) is 116 Å². The van der Waals surface area contributed by atoms with Gasteiger partial charge in [-0.15, -0.1) is 12.4 Å². The normalized spacial score (nSPS) is 16.9. The summed E-state index contributed by atoms with van der Waals surface area (Å²) < 4.78 is 32.9. The number of anilines is 1. The lowest BCUT2D eigenvalue weighted by molar-refractivity contribution is -0.158. The molecule has 0 amide bonds. The number of halogens is 2. The predicted molar refractivity (Wildman–Crippen MR) is 141 cm³/mol. The lowest BCUT2D eigenvalue weighted by Crippen LogP contribution is -2.37. The highest BCUT2D eigenvalue weighted by atomic mass is 35.5. The molecule has 0 radical (unpaired) electrons. The second-order valence-electron chi connectivity index (χ2n) is 9.17. The van der Waals surface area contributed by atoms with E-state index in [2.05, 4.69) is 5.32 Å². The minimum Gasteiger partial charge on any atom is -0.492 e. The number of likely N-dealkylation sites (N-methyl/N-ethyl adjacent to an activating group) is 1. The second kappa shape index (κ2) is 12.1. The fraction of sp³-hybridized carbons (Fsp3) is 0.538. The van der Waals surface area contributed by atoms with Crippen molar-refractivity contribution >= 4 is 46.7 Å². The van der Waals surface area contributed by atoms with Gasteiger partial charge in [0.15, 0.2) is 22.8 Å². The minimum atomic E-state index is -1.95. The van der Waals surface area contributed by atoms with Crippen LogP contribution in [0.3, 0.4) is 0 Å². The van der Waals surface area contributed by atoms with Gasteiger partial charge in [0, 0.05) is 31.4 Å². The molecule has 12 heteroatoms. The van der Waals surface area contributed by atoms with E-state index in [9.17, 15) is 19.2 Å². The van der Waals surface area contributed by atoms with Gasteiger partial charge < -0.3 is 29.0 Å². The number of carbonyl (C=O) groups is 3. The van der Waals surface area contributed by atoms with Crippen molar-refractivity contribution in [2.24, 2.45) is 5.92 Å². The van der Waals surface area contributed by atoms with Gasteiger partial charge in [0.05, 0.1) is 36.8 Å². The molecule has 1 aliphatic carbocycles. The van der Waals surface area contributed by atoms with Crippen LogP contribution in [0.2, 0.25) is 0 Å². The predicted octanol–water partition coefficient (Wildman–Crippen LogP) is 2.63. The standard InChI is InChI=1S/C26H32FN3O7.ClH/c1-5-36-25(33)19(26(34)37-6-2)23(32)17-13-30(15-7-8-15)20-16(22(17)31)11-18(27)21(24(20)35-4)29-10-9-14(12-29)28-3;/h11,13-15,19,28H,5-10,12H2,1-4H3;1H/t14-;/m0./s1. The monoisotopic (exact) mass is 553 g/mol. The summed E-state index contributed by atoms with van der Waals surface area (Å²) in [5.74, 6) is -5.64. The molecule has 1 saturated heterocycles. The Balaban J connectivity index is 0.00000400. The number of aromatic nitrogens is 1. The fourth-order valence-electron chi connectivity index (χ4n) is 4.86. The van der Waals surface area contributed by atoms with Gasteiger partial charge in [-0.3, -0.25) is 19.2 Å². The first kappa shape index (κ1) is 29.4. The Bertz CT molecular complexity index is 1280. The first-order valence-corrected chi connectivity index (χ1v) is 12.5. The summed E-state index contributed by atoms with van der Waals surface area (Å²) in [6, 6.07) is 1.25. The molecule has 208 valence electrons. The number of nitrogens with one attached hydrogen (secondary N) is 1. The molecule has 2 aliphatic rings. The van der Waals surface area contributed by atoms with Crippen molar-refractivity contribution in [2.45, 2.75) is 45.2 Å². The highest BCUT2D eigenvalue weighted by molar-refractivity contribution is 6.21. The Hall–Kier alpha value is -3.18. The largest absolute Gasteiger partial charge is 0.492 e. The average Bonchev–Trinajstić information content (AvgIpc) is 3.60. The summed E-state index contributed by atoms with van der Waals surface area (Å²) in [5.41, 5.74) is -0.568. The molecule has 38 heavy (non-hydrogen) atoms. The number of nitrogens with zero attached hydrogens (tertiary/aromatic N) is 2. The van der Waals surface area contributed by atoms with Crippen LogP contribution in [0, 0.1) is 11.7 Å².